The second kappa shape index (κ2) is 7.10. The van der Waals surface area contributed by atoms with Crippen LogP contribution in [0, 0.1) is 0 Å². The van der Waals surface area contributed by atoms with Gasteiger partial charge in [0.1, 0.15) is 0 Å². The molecular weight excluding hydrogens is 406 g/mol. The van der Waals surface area contributed by atoms with Crippen molar-refractivity contribution in [3.05, 3.63) is 106 Å². The van der Waals surface area contributed by atoms with Gasteiger partial charge in [-0.3, -0.25) is 9.36 Å². The van der Waals surface area contributed by atoms with Gasteiger partial charge in [0, 0.05) is 22.7 Å². The Balaban J connectivity index is 1.54. The van der Waals surface area contributed by atoms with Gasteiger partial charge in [-0.05, 0) is 47.7 Å². The van der Waals surface area contributed by atoms with Crippen molar-refractivity contribution < 1.29 is 4.79 Å². The lowest BCUT2D eigenvalue weighted by Crippen LogP contribution is -2.33. The SMILES string of the molecule is O=C1CC(c2ccccc2)CC2=C1C(c1ccc(Cl)cc1)n1c(nc3ccccc31)N2. The molecule has 0 saturated carbocycles. The molecule has 2 atom stereocenters. The molecule has 152 valence electrons. The monoisotopic (exact) mass is 425 g/mol. The first-order valence-corrected chi connectivity index (χ1v) is 10.9. The van der Waals surface area contributed by atoms with Crippen molar-refractivity contribution in [3.63, 3.8) is 0 Å². The Morgan fingerprint density at radius 2 is 1.61 bits per heavy atom. The van der Waals surface area contributed by atoms with Gasteiger partial charge in [0.15, 0.2) is 5.78 Å². The van der Waals surface area contributed by atoms with Crippen LogP contribution in [0.5, 0.6) is 0 Å². The summed E-state index contributed by atoms with van der Waals surface area (Å²) in [5, 5.41) is 4.20. The fourth-order valence-corrected chi connectivity index (χ4v) is 5.07. The Morgan fingerprint density at radius 3 is 2.42 bits per heavy atom. The number of halogens is 1. The van der Waals surface area contributed by atoms with Crippen LogP contribution >= 0.6 is 11.6 Å². The van der Waals surface area contributed by atoms with Crippen LogP contribution in [-0.4, -0.2) is 15.3 Å². The smallest absolute Gasteiger partial charge is 0.209 e. The van der Waals surface area contributed by atoms with Crippen molar-refractivity contribution >= 4 is 34.4 Å². The minimum atomic E-state index is -0.222. The van der Waals surface area contributed by atoms with E-state index in [0.29, 0.717) is 11.4 Å². The van der Waals surface area contributed by atoms with Gasteiger partial charge in [-0.2, -0.15) is 0 Å². The molecule has 1 N–H and O–H groups in total. The lowest BCUT2D eigenvalue weighted by molar-refractivity contribution is -0.116. The van der Waals surface area contributed by atoms with Crippen molar-refractivity contribution in [2.45, 2.75) is 24.8 Å². The van der Waals surface area contributed by atoms with E-state index < -0.39 is 0 Å². The van der Waals surface area contributed by atoms with Gasteiger partial charge in [0.2, 0.25) is 5.95 Å². The zero-order chi connectivity index (χ0) is 20.9. The summed E-state index contributed by atoms with van der Waals surface area (Å²) < 4.78 is 2.15. The zero-order valence-electron chi connectivity index (χ0n) is 16.8. The Morgan fingerprint density at radius 1 is 0.871 bits per heavy atom. The highest BCUT2D eigenvalue weighted by Crippen LogP contribution is 2.46. The quantitative estimate of drug-likeness (QED) is 0.421. The highest BCUT2D eigenvalue weighted by Gasteiger charge is 2.39. The third-order valence-corrected chi connectivity index (χ3v) is 6.61. The summed E-state index contributed by atoms with van der Waals surface area (Å²) >= 11 is 6.17. The van der Waals surface area contributed by atoms with E-state index in [0.717, 1.165) is 40.2 Å². The Bertz CT molecular complexity index is 1340. The predicted octanol–water partition coefficient (Wildman–Crippen LogP) is 6.11. The maximum absolute atomic E-state index is 13.6. The molecule has 4 nitrogen and oxygen atoms in total. The van der Waals surface area contributed by atoms with Crippen molar-refractivity contribution in [2.24, 2.45) is 0 Å². The number of carbonyl (C=O) groups is 1. The second-order valence-electron chi connectivity index (χ2n) is 8.20. The van der Waals surface area contributed by atoms with Crippen LogP contribution in [0.15, 0.2) is 90.1 Å². The summed E-state index contributed by atoms with van der Waals surface area (Å²) in [5.41, 5.74) is 5.98. The number of ketones is 1. The summed E-state index contributed by atoms with van der Waals surface area (Å²) in [5.74, 6) is 1.13. The number of nitrogens with one attached hydrogen (secondary N) is 1. The average molecular weight is 426 g/mol. The third kappa shape index (κ3) is 2.98. The van der Waals surface area contributed by atoms with Crippen LogP contribution in [0.4, 0.5) is 5.95 Å². The molecule has 0 amide bonds. The van der Waals surface area contributed by atoms with Gasteiger partial charge in [-0.25, -0.2) is 4.98 Å². The van der Waals surface area contributed by atoms with E-state index in [2.05, 4.69) is 28.1 Å². The predicted molar refractivity (Wildman–Crippen MR) is 123 cm³/mol. The molecule has 1 aromatic heterocycles. The minimum Gasteiger partial charge on any atom is -0.329 e. The first kappa shape index (κ1) is 18.4. The molecule has 0 saturated heterocycles. The molecule has 0 fully saturated rings. The van der Waals surface area contributed by atoms with Crippen LogP contribution in [0.1, 0.15) is 35.9 Å². The number of hydrogen-bond donors (Lipinski definition) is 1. The van der Waals surface area contributed by atoms with E-state index in [1.54, 1.807) is 0 Å². The molecule has 1 aliphatic heterocycles. The molecule has 6 rings (SSSR count). The number of allylic oxidation sites excluding steroid dienone is 2. The largest absolute Gasteiger partial charge is 0.329 e. The lowest BCUT2D eigenvalue weighted by atomic mass is 9.78. The maximum atomic E-state index is 13.6. The van der Waals surface area contributed by atoms with E-state index in [9.17, 15) is 4.79 Å². The van der Waals surface area contributed by atoms with Crippen molar-refractivity contribution in [1.82, 2.24) is 9.55 Å². The molecule has 0 bridgehead atoms. The van der Waals surface area contributed by atoms with Crippen LogP contribution < -0.4 is 5.32 Å². The molecule has 3 aromatic carbocycles. The Kier molecular flexibility index (Phi) is 4.22. The van der Waals surface area contributed by atoms with Crippen molar-refractivity contribution in [1.29, 1.82) is 0 Å². The summed E-state index contributed by atoms with van der Waals surface area (Å²) in [7, 11) is 0. The number of nitrogens with zero attached hydrogens (tertiary/aromatic N) is 2. The number of imidazole rings is 1. The van der Waals surface area contributed by atoms with Gasteiger partial charge in [-0.15, -0.1) is 0 Å². The zero-order valence-corrected chi connectivity index (χ0v) is 17.5. The van der Waals surface area contributed by atoms with Crippen molar-refractivity contribution in [3.8, 4) is 0 Å². The number of fused-ring (bicyclic) bond motifs is 3. The summed E-state index contributed by atoms with van der Waals surface area (Å²) in [6, 6.07) is 25.9. The van der Waals surface area contributed by atoms with E-state index in [-0.39, 0.29) is 17.7 Å². The van der Waals surface area contributed by atoms with Crippen LogP contribution in [0.2, 0.25) is 5.02 Å². The highest BCUT2D eigenvalue weighted by atomic mass is 35.5. The fourth-order valence-electron chi connectivity index (χ4n) is 4.95. The summed E-state index contributed by atoms with van der Waals surface area (Å²) in [4.78, 5) is 18.4. The molecule has 2 aliphatic rings. The molecular formula is C26H20ClN3O. The number of hydrogen-bond acceptors (Lipinski definition) is 3. The van der Waals surface area contributed by atoms with E-state index in [1.165, 1.54) is 5.56 Å². The molecule has 4 aromatic rings. The highest BCUT2D eigenvalue weighted by molar-refractivity contribution is 6.30. The van der Waals surface area contributed by atoms with Crippen LogP contribution in [-0.2, 0) is 4.79 Å². The van der Waals surface area contributed by atoms with Gasteiger partial charge < -0.3 is 5.32 Å². The van der Waals surface area contributed by atoms with E-state index >= 15 is 0 Å². The number of Topliss-reactive ketones (excluding diaryl/α,β-unsaturated/α-hetero) is 1. The number of carbonyl (C=O) groups excluding carboxylic acids is 1. The van der Waals surface area contributed by atoms with E-state index in [1.807, 2.05) is 60.7 Å². The molecule has 5 heteroatoms. The molecule has 2 unspecified atom stereocenters. The third-order valence-electron chi connectivity index (χ3n) is 6.35. The summed E-state index contributed by atoms with van der Waals surface area (Å²) in [6.45, 7) is 0. The number of para-hydroxylation sites is 2. The number of benzene rings is 3. The molecule has 31 heavy (non-hydrogen) atoms. The molecule has 1 aliphatic carbocycles. The minimum absolute atomic E-state index is 0.168. The molecule has 0 radical (unpaired) electrons. The average Bonchev–Trinajstić information content (AvgIpc) is 3.17. The first-order chi connectivity index (χ1) is 15.2. The second-order valence-corrected chi connectivity index (χ2v) is 8.64. The van der Waals surface area contributed by atoms with E-state index in [4.69, 9.17) is 16.6 Å². The van der Waals surface area contributed by atoms with Gasteiger partial charge in [0.25, 0.3) is 0 Å². The molecule has 2 heterocycles. The first-order valence-electron chi connectivity index (χ1n) is 10.5. The Labute approximate surface area is 185 Å². The van der Waals surface area contributed by atoms with Crippen LogP contribution in [0.25, 0.3) is 11.0 Å². The summed E-state index contributed by atoms with van der Waals surface area (Å²) in [6.07, 6.45) is 1.30. The standard InChI is InChI=1S/C26H20ClN3O/c27-19-12-10-17(11-13-19)25-24-21(14-18(15-23(24)31)16-6-2-1-3-7-16)29-26-28-20-8-4-5-9-22(20)30(25)26/h1-13,18,25H,14-15H2,(H,28,29). The lowest BCUT2D eigenvalue weighted by Gasteiger charge is -2.36. The number of rotatable bonds is 2. The van der Waals surface area contributed by atoms with Gasteiger partial charge in [0.05, 0.1) is 17.1 Å². The Hall–Kier alpha value is -3.37. The normalized spacial score (nSPS) is 20.4. The topological polar surface area (TPSA) is 46.9 Å². The van der Waals surface area contributed by atoms with Crippen molar-refractivity contribution in [2.75, 3.05) is 5.32 Å². The fraction of sp³-hybridized carbons (Fsp3) is 0.154. The number of aromatic nitrogens is 2. The maximum Gasteiger partial charge on any atom is 0.209 e. The van der Waals surface area contributed by atoms with Gasteiger partial charge in [-0.1, -0.05) is 66.2 Å². The van der Waals surface area contributed by atoms with Gasteiger partial charge >= 0.3 is 0 Å². The molecule has 0 spiro atoms. The number of anilines is 1. The van der Waals surface area contributed by atoms with Crippen LogP contribution in [0.3, 0.4) is 0 Å².